The fourth-order valence-electron chi connectivity index (χ4n) is 4.06. The summed E-state index contributed by atoms with van der Waals surface area (Å²) in [6.07, 6.45) is -4.75. The number of alkyl halides is 5. The number of carbonyl (C=O) groups is 1. The Kier molecular flexibility index (Phi) is 7.23. The van der Waals surface area contributed by atoms with E-state index in [1.54, 1.807) is 6.07 Å². The Morgan fingerprint density at radius 1 is 0.944 bits per heavy atom. The van der Waals surface area contributed by atoms with E-state index >= 15 is 0 Å². The molecule has 1 aliphatic heterocycles. The predicted octanol–water partition coefficient (Wildman–Crippen LogP) is 6.87. The number of rotatable bonds is 7. The number of halogens is 5. The molecule has 1 aliphatic rings. The molecule has 0 radical (unpaired) electrons. The van der Waals surface area contributed by atoms with Gasteiger partial charge in [0.05, 0.1) is 12.1 Å². The summed E-state index contributed by atoms with van der Waals surface area (Å²) < 4.78 is 71.8. The third kappa shape index (κ3) is 5.99. The molecule has 36 heavy (non-hydrogen) atoms. The highest BCUT2D eigenvalue weighted by Gasteiger charge is 2.39. The molecule has 0 N–H and O–H groups in total. The van der Waals surface area contributed by atoms with Crippen LogP contribution in [0.3, 0.4) is 0 Å². The fraction of sp³-hybridized carbons (Fsp3) is 0.231. The van der Waals surface area contributed by atoms with Crippen LogP contribution in [0.5, 0.6) is 11.5 Å². The van der Waals surface area contributed by atoms with Crippen LogP contribution in [0.1, 0.15) is 36.6 Å². The number of benzene rings is 3. The molecule has 1 saturated heterocycles. The van der Waals surface area contributed by atoms with Gasteiger partial charge in [0.25, 0.3) is 5.91 Å². The molecule has 4 rings (SSSR count). The fourth-order valence-corrected chi connectivity index (χ4v) is 4.06. The second-order valence-electron chi connectivity index (χ2n) is 8.05. The van der Waals surface area contributed by atoms with Crippen molar-refractivity contribution in [3.63, 3.8) is 0 Å². The quantitative estimate of drug-likeness (QED) is 0.330. The highest BCUT2D eigenvalue weighted by Crippen LogP contribution is 2.39. The van der Waals surface area contributed by atoms with E-state index in [-0.39, 0.29) is 23.9 Å². The highest BCUT2D eigenvalue weighted by molar-refractivity contribution is 6.46. The highest BCUT2D eigenvalue weighted by atomic mass is 19.4. The van der Waals surface area contributed by atoms with E-state index < -0.39 is 30.7 Å². The van der Waals surface area contributed by atoms with Crippen molar-refractivity contribution in [3.05, 3.63) is 90.0 Å². The molecule has 1 heterocycles. The molecule has 0 unspecified atom stereocenters. The molecule has 3 aromatic carbocycles. The summed E-state index contributed by atoms with van der Waals surface area (Å²) in [5.41, 5.74) is 1.88. The zero-order valence-electron chi connectivity index (χ0n) is 19.0. The van der Waals surface area contributed by atoms with Crippen LogP contribution in [0, 0.1) is 0 Å². The Morgan fingerprint density at radius 2 is 1.64 bits per heavy atom. The summed E-state index contributed by atoms with van der Waals surface area (Å²) in [5.74, 6) is -0.951. The van der Waals surface area contributed by atoms with Gasteiger partial charge < -0.3 is 9.47 Å². The van der Waals surface area contributed by atoms with Gasteiger partial charge in [0.1, 0.15) is 17.2 Å². The Bertz CT molecular complexity index is 1230. The maximum absolute atomic E-state index is 13.5. The van der Waals surface area contributed by atoms with E-state index in [2.05, 4.69) is 14.5 Å². The van der Waals surface area contributed by atoms with Gasteiger partial charge in [0.15, 0.2) is 0 Å². The lowest BCUT2D eigenvalue weighted by molar-refractivity contribution is -0.274. The largest absolute Gasteiger partial charge is 0.573 e. The molecule has 1 amide bonds. The number of amides is 1. The Labute approximate surface area is 203 Å². The van der Waals surface area contributed by atoms with E-state index in [0.717, 1.165) is 5.56 Å². The van der Waals surface area contributed by atoms with Crippen LogP contribution in [0.4, 0.5) is 27.6 Å². The van der Waals surface area contributed by atoms with Crippen molar-refractivity contribution in [3.8, 4) is 11.5 Å². The zero-order chi connectivity index (χ0) is 25.9. The summed E-state index contributed by atoms with van der Waals surface area (Å²) in [5, 5.41) is 0. The molecule has 0 bridgehead atoms. The molecule has 0 aliphatic carbocycles. The number of hydrogen-bond acceptors (Lipinski definition) is 4. The smallest absolute Gasteiger partial charge is 0.435 e. The van der Waals surface area contributed by atoms with E-state index in [1.165, 1.54) is 47.4 Å². The molecule has 0 aromatic heterocycles. The van der Waals surface area contributed by atoms with E-state index in [9.17, 15) is 26.7 Å². The van der Waals surface area contributed by atoms with Crippen molar-refractivity contribution in [2.24, 2.45) is 4.99 Å². The van der Waals surface area contributed by atoms with E-state index in [0.29, 0.717) is 11.3 Å². The molecule has 5 nitrogen and oxygen atoms in total. The van der Waals surface area contributed by atoms with Gasteiger partial charge in [-0.2, -0.15) is 8.78 Å². The van der Waals surface area contributed by atoms with Gasteiger partial charge in [-0.15, -0.1) is 13.2 Å². The molecule has 0 saturated carbocycles. The van der Waals surface area contributed by atoms with E-state index in [1.807, 2.05) is 37.3 Å². The number of carbonyl (C=O) groups excluding carboxylic acids is 1. The van der Waals surface area contributed by atoms with Crippen LogP contribution in [-0.2, 0) is 4.79 Å². The third-order valence-corrected chi connectivity index (χ3v) is 5.61. The van der Waals surface area contributed by atoms with Gasteiger partial charge in [0.2, 0.25) is 0 Å². The maximum Gasteiger partial charge on any atom is 0.573 e. The summed E-state index contributed by atoms with van der Waals surface area (Å²) in [6, 6.07) is 19.1. The minimum atomic E-state index is -4.87. The van der Waals surface area contributed by atoms with Crippen molar-refractivity contribution < 1.29 is 36.2 Å². The number of hydrogen-bond donors (Lipinski definition) is 0. The number of aliphatic imine (C=N–C) groups is 1. The minimum Gasteiger partial charge on any atom is -0.435 e. The van der Waals surface area contributed by atoms with Crippen molar-refractivity contribution in [1.82, 2.24) is 0 Å². The summed E-state index contributed by atoms with van der Waals surface area (Å²) >= 11 is 0. The Balaban J connectivity index is 1.71. The topological polar surface area (TPSA) is 51.1 Å². The average Bonchev–Trinajstić information content (AvgIpc) is 3.15. The van der Waals surface area contributed by atoms with Gasteiger partial charge in [-0.1, -0.05) is 42.5 Å². The standard InChI is InChI=1S/C26H21F5N2O3/c1-16(17-6-3-2-4-7-17)32-22-15-23(18-8-5-9-21(14-18)36-26(29,30)31)33(24(22)34)19-10-12-20(13-11-19)35-25(27)28/h2-14,16,23,25H,15H2,1H3/t16-,23+/m1/s1. The lowest BCUT2D eigenvalue weighted by Gasteiger charge is -2.25. The molecule has 0 spiro atoms. The van der Waals surface area contributed by atoms with Crippen molar-refractivity contribution in [2.75, 3.05) is 4.90 Å². The summed E-state index contributed by atoms with van der Waals surface area (Å²) in [4.78, 5) is 19.5. The summed E-state index contributed by atoms with van der Waals surface area (Å²) in [7, 11) is 0. The Morgan fingerprint density at radius 3 is 2.28 bits per heavy atom. The van der Waals surface area contributed by atoms with E-state index in [4.69, 9.17) is 0 Å². The summed E-state index contributed by atoms with van der Waals surface area (Å²) in [6.45, 7) is -1.17. The molecule has 3 aromatic rings. The molecule has 1 fully saturated rings. The first-order valence-corrected chi connectivity index (χ1v) is 11.0. The van der Waals surface area contributed by atoms with Crippen molar-refractivity contribution in [1.29, 1.82) is 0 Å². The first-order valence-electron chi connectivity index (χ1n) is 11.0. The molecule has 10 heteroatoms. The van der Waals surface area contributed by atoms with Gasteiger partial charge >= 0.3 is 13.0 Å². The lowest BCUT2D eigenvalue weighted by atomic mass is 10.0. The van der Waals surface area contributed by atoms with Crippen LogP contribution < -0.4 is 14.4 Å². The van der Waals surface area contributed by atoms with Crippen LogP contribution in [0.2, 0.25) is 0 Å². The number of nitrogens with zero attached hydrogens (tertiary/aromatic N) is 2. The van der Waals surface area contributed by atoms with Crippen LogP contribution in [-0.4, -0.2) is 24.6 Å². The lowest BCUT2D eigenvalue weighted by Crippen LogP contribution is -2.29. The van der Waals surface area contributed by atoms with Gasteiger partial charge in [-0.05, 0) is 54.4 Å². The molecule has 188 valence electrons. The molecule has 2 atom stereocenters. The normalized spacial score (nSPS) is 18.1. The number of ether oxygens (including phenoxy) is 2. The second kappa shape index (κ2) is 10.3. The minimum absolute atomic E-state index is 0.0934. The molecular formula is C26H21F5N2O3. The monoisotopic (exact) mass is 504 g/mol. The predicted molar refractivity (Wildman–Crippen MR) is 123 cm³/mol. The van der Waals surface area contributed by atoms with Crippen LogP contribution in [0.25, 0.3) is 0 Å². The average molecular weight is 504 g/mol. The molecular weight excluding hydrogens is 483 g/mol. The first-order chi connectivity index (χ1) is 17.1. The maximum atomic E-state index is 13.5. The van der Waals surface area contributed by atoms with Crippen LogP contribution >= 0.6 is 0 Å². The van der Waals surface area contributed by atoms with Crippen molar-refractivity contribution >= 4 is 17.3 Å². The SMILES string of the molecule is C[C@@H](N=C1C[C@@H](c2cccc(OC(F)(F)F)c2)N(c2ccc(OC(F)F)cc2)C1=O)c1ccccc1. The van der Waals surface area contributed by atoms with Gasteiger partial charge in [-0.3, -0.25) is 14.7 Å². The van der Waals surface area contributed by atoms with Gasteiger partial charge in [-0.25, -0.2) is 0 Å². The van der Waals surface area contributed by atoms with Gasteiger partial charge in [0, 0.05) is 12.1 Å². The number of anilines is 1. The Hall–Kier alpha value is -3.95. The van der Waals surface area contributed by atoms with Crippen molar-refractivity contribution in [2.45, 2.75) is 38.4 Å². The second-order valence-corrected chi connectivity index (χ2v) is 8.05. The third-order valence-electron chi connectivity index (χ3n) is 5.61. The zero-order valence-corrected chi connectivity index (χ0v) is 19.0. The van der Waals surface area contributed by atoms with Crippen LogP contribution in [0.15, 0.2) is 83.9 Å². The first kappa shape index (κ1) is 25.2.